The van der Waals surface area contributed by atoms with Crippen LogP contribution in [0.2, 0.25) is 0 Å². The van der Waals surface area contributed by atoms with Crippen LogP contribution in [0.3, 0.4) is 0 Å². The molecule has 4 aromatic rings. The molecule has 3 aliphatic heterocycles. The first-order chi connectivity index (χ1) is 26.8. The molecule has 3 aliphatic rings. The lowest BCUT2D eigenvalue weighted by Gasteiger charge is -2.36. The number of nitrogens with two attached hydrogens (primary N) is 1. The largest absolute Gasteiger partial charge is 0.433 e. The molecule has 2 aromatic carbocycles. The summed E-state index contributed by atoms with van der Waals surface area (Å²) in [5, 5.41) is 3.43. The second-order valence-corrected chi connectivity index (χ2v) is 16.0. The van der Waals surface area contributed by atoms with Crippen molar-refractivity contribution >= 4 is 23.9 Å². The second kappa shape index (κ2) is 15.8. The zero-order valence-corrected chi connectivity index (χ0v) is 33.2. The van der Waals surface area contributed by atoms with Crippen molar-refractivity contribution in [3.05, 3.63) is 72.6 Å². The number of likely N-dealkylation sites (tertiary alicyclic amines) is 2. The van der Waals surface area contributed by atoms with Gasteiger partial charge in [-0.2, -0.15) is 0 Å². The summed E-state index contributed by atoms with van der Waals surface area (Å²) < 4.78 is 5.37. The number of imidazole rings is 2. The molecule has 2 saturated heterocycles. The minimum absolute atomic E-state index is 0.0854. The highest BCUT2D eigenvalue weighted by atomic mass is 16.6. The highest BCUT2D eigenvalue weighted by molar-refractivity contribution is 5.90. The number of ether oxygens (including phenoxy) is 1. The molecule has 7 rings (SSSR count). The fourth-order valence-corrected chi connectivity index (χ4v) is 8.02. The number of primary amides is 1. The van der Waals surface area contributed by atoms with E-state index < -0.39 is 11.7 Å². The molecular formula is C42H54N10O4. The molecular weight excluding hydrogens is 709 g/mol. The van der Waals surface area contributed by atoms with Crippen LogP contribution in [0.5, 0.6) is 0 Å². The number of nitrogens with zero attached hydrogens (tertiary/aromatic N) is 6. The Hall–Kier alpha value is -5.66. The van der Waals surface area contributed by atoms with Crippen LogP contribution in [0.25, 0.3) is 33.6 Å². The number of aromatic nitrogens is 4. The van der Waals surface area contributed by atoms with Gasteiger partial charge in [0.25, 0.3) is 5.91 Å². The number of guanidine groups is 1. The number of likely N-dealkylation sites (N-methyl/N-ethyl adjacent to an activating group) is 1. The van der Waals surface area contributed by atoms with E-state index in [0.717, 1.165) is 84.2 Å². The average molecular weight is 763 g/mol. The van der Waals surface area contributed by atoms with E-state index in [1.54, 1.807) is 18.0 Å². The molecule has 0 spiro atoms. The first kappa shape index (κ1) is 38.6. The molecule has 4 atom stereocenters. The molecule has 14 nitrogen and oxygen atoms in total. The number of aromatic amines is 2. The highest BCUT2D eigenvalue weighted by Gasteiger charge is 2.47. The third kappa shape index (κ3) is 7.61. The maximum Gasteiger partial charge on any atom is 0.405 e. The Kier molecular flexibility index (Phi) is 10.9. The molecule has 5 heterocycles. The van der Waals surface area contributed by atoms with Gasteiger partial charge in [0.15, 0.2) is 11.6 Å². The molecule has 296 valence electrons. The summed E-state index contributed by atoms with van der Waals surface area (Å²) >= 11 is 0. The minimum atomic E-state index is -1.36. The van der Waals surface area contributed by atoms with Gasteiger partial charge in [0.1, 0.15) is 17.7 Å². The Morgan fingerprint density at radius 3 is 1.77 bits per heavy atom. The van der Waals surface area contributed by atoms with E-state index in [0.29, 0.717) is 18.9 Å². The summed E-state index contributed by atoms with van der Waals surface area (Å²) in [6, 6.07) is 15.9. The van der Waals surface area contributed by atoms with Crippen LogP contribution in [0, 0.1) is 11.8 Å². The van der Waals surface area contributed by atoms with E-state index in [-0.39, 0.29) is 41.8 Å². The van der Waals surface area contributed by atoms with E-state index in [4.69, 9.17) is 15.5 Å². The molecule has 0 saturated carbocycles. The van der Waals surface area contributed by atoms with Gasteiger partial charge in [0.05, 0.1) is 42.4 Å². The molecule has 5 N–H and O–H groups in total. The van der Waals surface area contributed by atoms with Gasteiger partial charge in [-0.05, 0) is 60.8 Å². The van der Waals surface area contributed by atoms with E-state index >= 15 is 0 Å². The number of hydrogen-bond donors (Lipinski definition) is 4. The van der Waals surface area contributed by atoms with Crippen molar-refractivity contribution in [2.75, 3.05) is 33.2 Å². The van der Waals surface area contributed by atoms with Gasteiger partial charge in [-0.1, -0.05) is 76.2 Å². The number of amides is 3. The van der Waals surface area contributed by atoms with Crippen LogP contribution in [0.4, 0.5) is 4.79 Å². The first-order valence-electron chi connectivity index (χ1n) is 19.8. The molecule has 2 aromatic heterocycles. The normalized spacial score (nSPS) is 20.1. The zero-order chi connectivity index (χ0) is 39.7. The number of benzene rings is 2. The van der Waals surface area contributed by atoms with Gasteiger partial charge in [-0.3, -0.25) is 14.6 Å². The molecule has 0 radical (unpaired) electrons. The van der Waals surface area contributed by atoms with E-state index in [1.807, 2.05) is 32.0 Å². The van der Waals surface area contributed by atoms with Crippen LogP contribution in [-0.2, 0) is 14.3 Å². The molecule has 0 aliphatic carbocycles. The van der Waals surface area contributed by atoms with Gasteiger partial charge < -0.3 is 40.5 Å². The predicted molar refractivity (Wildman–Crippen MR) is 215 cm³/mol. The number of carbonyl (C=O) groups excluding carboxylic acids is 3. The highest BCUT2D eigenvalue weighted by Crippen LogP contribution is 2.37. The predicted octanol–water partition coefficient (Wildman–Crippen LogP) is 5.89. The van der Waals surface area contributed by atoms with Crippen molar-refractivity contribution in [3.63, 3.8) is 0 Å². The lowest BCUT2D eigenvalue weighted by molar-refractivity contribution is -0.155. The molecule has 14 heteroatoms. The SMILES string of the molecule is CC(C)[C@H](NC1=NCCN1C)C(=O)N1CCC[C@H]1c1ncc(-c2ccc(-c3ccc(-c4cnc([C@@H]5CCCN5C(=O)[C@@](C)(OC(N)=O)C(C)C)[nH]4)cc3)cc2)[nH]1. The van der Waals surface area contributed by atoms with Crippen molar-refractivity contribution in [1.82, 2.24) is 40.0 Å². The van der Waals surface area contributed by atoms with Crippen molar-refractivity contribution in [2.45, 2.75) is 84.0 Å². The number of carbonyl (C=O) groups is 3. The number of H-pyrrole nitrogens is 2. The maximum atomic E-state index is 13.9. The van der Waals surface area contributed by atoms with Gasteiger partial charge in [-0.25, -0.2) is 14.8 Å². The first-order valence-corrected chi connectivity index (χ1v) is 19.8. The lowest BCUT2D eigenvalue weighted by atomic mass is 9.90. The molecule has 3 amide bonds. The molecule has 0 bridgehead atoms. The van der Waals surface area contributed by atoms with Crippen LogP contribution in [-0.4, -0.2) is 103 Å². The van der Waals surface area contributed by atoms with Crippen LogP contribution in [0.1, 0.15) is 84.0 Å². The topological polar surface area (TPSA) is 178 Å². The zero-order valence-electron chi connectivity index (χ0n) is 33.2. The van der Waals surface area contributed by atoms with Crippen LogP contribution >= 0.6 is 0 Å². The molecule has 56 heavy (non-hydrogen) atoms. The Morgan fingerprint density at radius 2 is 1.30 bits per heavy atom. The Labute approximate surface area is 328 Å². The third-order valence-corrected chi connectivity index (χ3v) is 11.7. The standard InChI is InChI=1S/C42H54N10O4/c1-25(2)35(49-41-44-19-22-50(41)6)38(53)51-20-7-9-33(51)36-45-23-31(47-36)29-15-11-27(12-16-29)28-13-17-30(18-14-28)32-24-46-37(48-32)34-10-8-21-52(34)39(54)42(5,26(3)4)56-40(43)55/h11-18,23-26,33-35H,7-10,19-22H2,1-6H3,(H2,43,55)(H,44,49)(H,45,47)(H,46,48)/t33-,34-,35-,42-/m0/s1. The summed E-state index contributed by atoms with van der Waals surface area (Å²) in [5.41, 5.74) is 9.88. The Morgan fingerprint density at radius 1 is 0.804 bits per heavy atom. The number of nitrogens with one attached hydrogen (secondary N) is 3. The summed E-state index contributed by atoms with van der Waals surface area (Å²) in [6.45, 7) is 12.3. The fraction of sp³-hybridized carbons (Fsp3) is 0.476. The quantitative estimate of drug-likeness (QED) is 0.146. The fourth-order valence-electron chi connectivity index (χ4n) is 8.02. The summed E-state index contributed by atoms with van der Waals surface area (Å²) in [7, 11) is 2.00. The van der Waals surface area contributed by atoms with Gasteiger partial charge >= 0.3 is 6.09 Å². The number of hydrogen-bond acceptors (Lipinski definition) is 9. The summed E-state index contributed by atoms with van der Waals surface area (Å²) in [6.07, 6.45) is 6.05. The monoisotopic (exact) mass is 762 g/mol. The Balaban J connectivity index is 1.00. The second-order valence-electron chi connectivity index (χ2n) is 16.0. The van der Waals surface area contributed by atoms with Gasteiger partial charge in [-0.15, -0.1) is 0 Å². The number of aliphatic imine (C=N–C) groups is 1. The van der Waals surface area contributed by atoms with E-state index in [2.05, 4.69) is 92.5 Å². The van der Waals surface area contributed by atoms with Gasteiger partial charge in [0.2, 0.25) is 5.91 Å². The van der Waals surface area contributed by atoms with Crippen molar-refractivity contribution in [2.24, 2.45) is 22.6 Å². The van der Waals surface area contributed by atoms with Crippen molar-refractivity contribution in [3.8, 4) is 33.6 Å². The summed E-state index contributed by atoms with van der Waals surface area (Å²) in [4.78, 5) is 66.0. The van der Waals surface area contributed by atoms with Crippen LogP contribution < -0.4 is 11.1 Å². The van der Waals surface area contributed by atoms with Crippen molar-refractivity contribution in [1.29, 1.82) is 0 Å². The molecule has 0 unspecified atom stereocenters. The van der Waals surface area contributed by atoms with Crippen molar-refractivity contribution < 1.29 is 19.1 Å². The Bertz CT molecular complexity index is 2070. The number of rotatable bonds is 11. The van der Waals surface area contributed by atoms with Gasteiger partial charge in [0, 0.05) is 32.6 Å². The third-order valence-electron chi connectivity index (χ3n) is 11.7. The summed E-state index contributed by atoms with van der Waals surface area (Å²) in [5.74, 6) is 1.95. The smallest absolute Gasteiger partial charge is 0.405 e. The average Bonchev–Trinajstić information content (AvgIpc) is 4.03. The lowest BCUT2D eigenvalue weighted by Crippen LogP contribution is -2.53. The minimum Gasteiger partial charge on any atom is -0.433 e. The molecule has 2 fully saturated rings. The van der Waals surface area contributed by atoms with E-state index in [1.165, 1.54) is 0 Å². The maximum absolute atomic E-state index is 13.9. The van der Waals surface area contributed by atoms with E-state index in [9.17, 15) is 14.4 Å². The van der Waals surface area contributed by atoms with Crippen LogP contribution in [0.15, 0.2) is 65.9 Å².